The molecule has 0 aliphatic rings. The highest BCUT2D eigenvalue weighted by Crippen LogP contribution is 2.43. The Morgan fingerprint density at radius 3 is 1.50 bits per heavy atom. The van der Waals surface area contributed by atoms with E-state index in [9.17, 15) is 19.0 Å². The molecule has 0 radical (unpaired) electrons. The number of hydrogen-bond acceptors (Lipinski definition) is 8. The zero-order valence-electron chi connectivity index (χ0n) is 37.0. The van der Waals surface area contributed by atoms with Crippen molar-refractivity contribution >= 4 is 19.8 Å². The number of esters is 2. The van der Waals surface area contributed by atoms with Crippen molar-refractivity contribution in [2.75, 3.05) is 33.4 Å². The Kier molecular flexibility index (Phi) is 42.1. The lowest BCUT2D eigenvalue weighted by molar-refractivity contribution is -0.161. The normalized spacial score (nSPS) is 13.9. The first-order chi connectivity index (χ1) is 28.3. The monoisotopic (exact) mass is 834 g/mol. The molecule has 0 bridgehead atoms. The van der Waals surface area contributed by atoms with Gasteiger partial charge < -0.3 is 19.7 Å². The topological polar surface area (TPSA) is 120 Å². The van der Waals surface area contributed by atoms with Gasteiger partial charge in [-0.15, -0.1) is 0 Å². The maximum Gasteiger partial charge on any atom is 0.472 e. The predicted molar refractivity (Wildman–Crippen MR) is 243 cm³/mol. The van der Waals surface area contributed by atoms with Gasteiger partial charge in [0.2, 0.25) is 0 Å². The molecule has 10 heteroatoms. The summed E-state index contributed by atoms with van der Waals surface area (Å²) in [7, 11) is -2.67. The van der Waals surface area contributed by atoms with E-state index in [2.05, 4.69) is 92.1 Å². The van der Waals surface area contributed by atoms with Crippen LogP contribution in [0.5, 0.6) is 0 Å². The van der Waals surface area contributed by atoms with Crippen molar-refractivity contribution in [2.24, 2.45) is 0 Å². The van der Waals surface area contributed by atoms with Gasteiger partial charge in [-0.3, -0.25) is 18.6 Å². The van der Waals surface area contributed by atoms with Crippen LogP contribution in [0.2, 0.25) is 0 Å². The number of phosphoric acid groups is 1. The lowest BCUT2D eigenvalue weighted by atomic mass is 10.1. The van der Waals surface area contributed by atoms with Crippen LogP contribution in [0.1, 0.15) is 181 Å². The van der Waals surface area contributed by atoms with E-state index in [4.69, 9.17) is 18.5 Å². The van der Waals surface area contributed by atoms with Crippen molar-refractivity contribution in [3.8, 4) is 0 Å². The van der Waals surface area contributed by atoms with Crippen LogP contribution >= 0.6 is 7.82 Å². The summed E-state index contributed by atoms with van der Waals surface area (Å²) in [5.41, 5.74) is 0. The number of allylic oxidation sites excluding steroid dienone is 12. The summed E-state index contributed by atoms with van der Waals surface area (Å²) in [6.45, 7) is 4.06. The molecule has 0 amide bonds. The number of unbranched alkanes of at least 4 members (excludes halogenated alkanes) is 16. The Balaban J connectivity index is 4.28. The minimum atomic E-state index is -4.37. The van der Waals surface area contributed by atoms with Gasteiger partial charge in [0.25, 0.3) is 0 Å². The largest absolute Gasteiger partial charge is 0.472 e. The van der Waals surface area contributed by atoms with Crippen LogP contribution in [0.15, 0.2) is 72.9 Å². The molecule has 2 unspecified atom stereocenters. The number of rotatable bonds is 42. The molecule has 0 fully saturated rings. The molecule has 0 aromatic heterocycles. The highest BCUT2D eigenvalue weighted by molar-refractivity contribution is 7.47. The van der Waals surface area contributed by atoms with Gasteiger partial charge >= 0.3 is 19.8 Å². The van der Waals surface area contributed by atoms with Crippen molar-refractivity contribution in [3.63, 3.8) is 0 Å². The van der Waals surface area contributed by atoms with Gasteiger partial charge in [0, 0.05) is 19.4 Å². The fraction of sp³-hybridized carbons (Fsp3) is 0.708. The zero-order chi connectivity index (χ0) is 42.5. The zero-order valence-corrected chi connectivity index (χ0v) is 37.9. The summed E-state index contributed by atoms with van der Waals surface area (Å²) >= 11 is 0. The van der Waals surface area contributed by atoms with Gasteiger partial charge in [-0.05, 0) is 90.5 Å². The highest BCUT2D eigenvalue weighted by atomic mass is 31.2. The van der Waals surface area contributed by atoms with Gasteiger partial charge in [0.1, 0.15) is 6.61 Å². The Morgan fingerprint density at radius 1 is 0.552 bits per heavy atom. The number of nitrogens with one attached hydrogen (secondary N) is 1. The van der Waals surface area contributed by atoms with Gasteiger partial charge in [0.05, 0.1) is 13.2 Å². The Labute approximate surface area is 354 Å². The predicted octanol–water partition coefficient (Wildman–Crippen LogP) is 13.3. The van der Waals surface area contributed by atoms with E-state index in [1.165, 1.54) is 64.2 Å². The van der Waals surface area contributed by atoms with E-state index in [1.54, 1.807) is 7.05 Å². The van der Waals surface area contributed by atoms with Gasteiger partial charge in [0.15, 0.2) is 6.10 Å². The number of carbonyl (C=O) groups is 2. The minimum absolute atomic E-state index is 0.0277. The number of hydrogen-bond donors (Lipinski definition) is 2. The average Bonchev–Trinajstić information content (AvgIpc) is 3.21. The third-order valence-electron chi connectivity index (χ3n) is 9.31. The van der Waals surface area contributed by atoms with Crippen LogP contribution in [0, 0.1) is 0 Å². The molecule has 0 aliphatic heterocycles. The molecule has 0 saturated carbocycles. The average molecular weight is 834 g/mol. The second-order valence-corrected chi connectivity index (χ2v) is 16.3. The first-order valence-electron chi connectivity index (χ1n) is 22.9. The van der Waals surface area contributed by atoms with Crippen molar-refractivity contribution in [2.45, 2.75) is 187 Å². The molecule has 0 aliphatic carbocycles. The van der Waals surface area contributed by atoms with E-state index in [-0.39, 0.29) is 32.0 Å². The standard InChI is InChI=1S/C48H84NO8P/c1-4-6-8-10-12-14-16-18-20-22-23-25-27-29-31-33-35-37-39-41-48(51)57-46(45-56-58(52,53)55-43-42-49-3)44-54-47(50)40-38-36-34-32-30-28-26-24-21-19-17-15-13-11-9-7-5-2/h6,8,12,14,18-21,23,25,29,31,46,49H,4-5,7,9-11,13,15-17,22,24,26-28,30,32-45H2,1-3H3,(H,52,53)/b8-6-,14-12-,20-18-,21-19-,25-23-,31-29-. The summed E-state index contributed by atoms with van der Waals surface area (Å²) in [6, 6.07) is 0. The van der Waals surface area contributed by atoms with Gasteiger partial charge in [-0.2, -0.15) is 0 Å². The summed E-state index contributed by atoms with van der Waals surface area (Å²) in [5.74, 6) is -0.853. The number of carbonyl (C=O) groups excluding carboxylic acids is 2. The number of ether oxygens (including phenoxy) is 2. The molecular formula is C48H84NO8P. The lowest BCUT2D eigenvalue weighted by Gasteiger charge is -2.20. The molecule has 0 heterocycles. The van der Waals surface area contributed by atoms with Gasteiger partial charge in [-0.25, -0.2) is 4.57 Å². The van der Waals surface area contributed by atoms with Crippen molar-refractivity contribution < 1.29 is 37.6 Å². The van der Waals surface area contributed by atoms with Gasteiger partial charge in [-0.1, -0.05) is 157 Å². The van der Waals surface area contributed by atoms with Crippen LogP contribution in [0.25, 0.3) is 0 Å². The first kappa shape index (κ1) is 55.5. The molecule has 2 atom stereocenters. The Hall–Kier alpha value is -2.55. The lowest BCUT2D eigenvalue weighted by Crippen LogP contribution is -2.29. The minimum Gasteiger partial charge on any atom is -0.462 e. The molecule has 334 valence electrons. The summed E-state index contributed by atoms with van der Waals surface area (Å²) in [5, 5.41) is 2.82. The summed E-state index contributed by atoms with van der Waals surface area (Å²) in [4.78, 5) is 35.1. The Morgan fingerprint density at radius 2 is 0.983 bits per heavy atom. The molecule has 0 aromatic carbocycles. The summed E-state index contributed by atoms with van der Waals surface area (Å²) in [6.07, 6.45) is 52.3. The van der Waals surface area contributed by atoms with Crippen LogP contribution in [0.4, 0.5) is 0 Å². The van der Waals surface area contributed by atoms with Crippen LogP contribution in [0.3, 0.4) is 0 Å². The maximum absolute atomic E-state index is 12.6. The molecule has 0 saturated heterocycles. The van der Waals surface area contributed by atoms with E-state index >= 15 is 0 Å². The van der Waals surface area contributed by atoms with Crippen molar-refractivity contribution in [1.29, 1.82) is 0 Å². The second-order valence-electron chi connectivity index (χ2n) is 14.8. The molecule has 0 rings (SSSR count). The van der Waals surface area contributed by atoms with Crippen LogP contribution in [-0.4, -0.2) is 56.3 Å². The Bertz CT molecular complexity index is 1180. The number of likely N-dealkylation sites (N-methyl/N-ethyl adjacent to an activating group) is 1. The van der Waals surface area contributed by atoms with E-state index in [0.29, 0.717) is 13.0 Å². The van der Waals surface area contributed by atoms with Crippen LogP contribution in [-0.2, 0) is 32.7 Å². The van der Waals surface area contributed by atoms with E-state index < -0.39 is 26.5 Å². The van der Waals surface area contributed by atoms with Crippen molar-refractivity contribution in [1.82, 2.24) is 5.32 Å². The fourth-order valence-electron chi connectivity index (χ4n) is 5.87. The molecule has 0 spiro atoms. The highest BCUT2D eigenvalue weighted by Gasteiger charge is 2.26. The third-order valence-corrected chi connectivity index (χ3v) is 10.3. The van der Waals surface area contributed by atoms with E-state index in [1.807, 2.05) is 0 Å². The molecular weight excluding hydrogens is 750 g/mol. The third kappa shape index (κ3) is 43.0. The molecule has 0 aromatic rings. The maximum atomic E-state index is 12.6. The second kappa shape index (κ2) is 44.0. The molecule has 58 heavy (non-hydrogen) atoms. The quantitative estimate of drug-likeness (QED) is 0.0268. The summed E-state index contributed by atoms with van der Waals surface area (Å²) < 4.78 is 33.2. The first-order valence-corrected chi connectivity index (χ1v) is 24.4. The number of phosphoric ester groups is 1. The van der Waals surface area contributed by atoms with E-state index in [0.717, 1.165) is 83.5 Å². The van der Waals surface area contributed by atoms with Crippen LogP contribution < -0.4 is 5.32 Å². The SMILES string of the molecule is CC/C=C\C/C=C\C/C=C\C/C=C\C/C=C\CCCCCC(=O)OC(COC(=O)CCCCCCCCC/C=C\CCCCCCCC)COP(=O)(O)OCCNC. The molecule has 9 nitrogen and oxygen atoms in total. The fourth-order valence-corrected chi connectivity index (χ4v) is 6.62. The smallest absolute Gasteiger partial charge is 0.462 e. The molecule has 2 N–H and O–H groups in total. The van der Waals surface area contributed by atoms with Crippen molar-refractivity contribution in [3.05, 3.63) is 72.9 Å².